The van der Waals surface area contributed by atoms with E-state index >= 15 is 0 Å². The molecule has 4 aliphatic rings. The monoisotopic (exact) mass is 494 g/mol. The first-order chi connectivity index (χ1) is 18.2. The molecule has 2 N–H and O–H groups in total. The predicted octanol–water partition coefficient (Wildman–Crippen LogP) is 4.88. The zero-order chi connectivity index (χ0) is 24.3. The van der Waals surface area contributed by atoms with E-state index in [1.165, 1.54) is 51.4 Å². The summed E-state index contributed by atoms with van der Waals surface area (Å²) < 4.78 is 12.2. The van der Waals surface area contributed by atoms with E-state index in [2.05, 4.69) is 32.7 Å². The Hall–Kier alpha value is -3.68. The van der Waals surface area contributed by atoms with Crippen molar-refractivity contribution in [2.45, 2.75) is 82.0 Å². The third-order valence-electron chi connectivity index (χ3n) is 8.41. The third kappa shape index (κ3) is 3.81. The number of rotatable bonds is 4. The van der Waals surface area contributed by atoms with Crippen LogP contribution in [0.3, 0.4) is 0 Å². The number of aromatic nitrogens is 2. The number of hydrogen-bond acceptors (Lipinski definition) is 8. The summed E-state index contributed by atoms with van der Waals surface area (Å²) in [6.07, 6.45) is 10.3. The summed E-state index contributed by atoms with van der Waals surface area (Å²) in [7, 11) is 0. The van der Waals surface area contributed by atoms with Gasteiger partial charge >= 0.3 is 0 Å². The lowest BCUT2D eigenvalue weighted by Crippen LogP contribution is -2.36. The summed E-state index contributed by atoms with van der Waals surface area (Å²) in [5.74, 6) is 3.15. The summed E-state index contributed by atoms with van der Waals surface area (Å²) in [5.41, 5.74) is 5.30. The van der Waals surface area contributed by atoms with E-state index in [-0.39, 0.29) is 0 Å². The average molecular weight is 495 g/mol. The Morgan fingerprint density at radius 3 is 1.62 bits per heavy atom. The van der Waals surface area contributed by atoms with Gasteiger partial charge in [0.15, 0.2) is 11.2 Å². The van der Waals surface area contributed by atoms with Gasteiger partial charge in [-0.25, -0.2) is 9.97 Å². The van der Waals surface area contributed by atoms with Crippen LogP contribution in [0, 0.1) is 0 Å². The van der Waals surface area contributed by atoms with Crippen LogP contribution >= 0.6 is 0 Å². The number of oxazole rings is 2. The Morgan fingerprint density at radius 1 is 0.649 bits per heavy atom. The van der Waals surface area contributed by atoms with Gasteiger partial charge < -0.3 is 19.5 Å². The maximum atomic E-state index is 6.12. The highest BCUT2D eigenvalue weighted by Crippen LogP contribution is 2.29. The lowest BCUT2D eigenvalue weighted by atomic mass is 9.92. The van der Waals surface area contributed by atoms with Crippen LogP contribution < -0.4 is 10.6 Å². The Kier molecular flexibility index (Phi) is 4.88. The van der Waals surface area contributed by atoms with Gasteiger partial charge in [-0.1, -0.05) is 25.7 Å². The topological polar surface area (TPSA) is 101 Å². The fourth-order valence-electron chi connectivity index (χ4n) is 6.46. The number of aliphatic imine (C=N–C) groups is 2. The van der Waals surface area contributed by atoms with Crippen molar-refractivity contribution in [1.82, 2.24) is 20.6 Å². The molecule has 2 saturated carbocycles. The molecule has 0 radical (unpaired) electrons. The van der Waals surface area contributed by atoms with Crippen molar-refractivity contribution < 1.29 is 8.83 Å². The molecule has 2 aromatic heterocycles. The number of fused-ring (bicyclic) bond motifs is 4. The average Bonchev–Trinajstić information content (AvgIpc) is 3.70. The molecule has 4 atom stereocenters. The molecule has 2 aromatic carbocycles. The summed E-state index contributed by atoms with van der Waals surface area (Å²) in [4.78, 5) is 19.3. The smallest absolute Gasteiger partial charge is 0.204 e. The van der Waals surface area contributed by atoms with Gasteiger partial charge in [0.25, 0.3) is 0 Å². The van der Waals surface area contributed by atoms with Crippen LogP contribution in [0.2, 0.25) is 0 Å². The van der Waals surface area contributed by atoms with Crippen molar-refractivity contribution in [2.75, 3.05) is 0 Å². The highest BCUT2D eigenvalue weighted by atomic mass is 16.4. The molecular formula is C29H30N6O2. The molecule has 8 nitrogen and oxygen atoms in total. The van der Waals surface area contributed by atoms with Gasteiger partial charge in [0.05, 0.1) is 12.1 Å². The maximum Gasteiger partial charge on any atom is 0.204 e. The zero-order valence-electron chi connectivity index (χ0n) is 20.7. The van der Waals surface area contributed by atoms with Gasteiger partial charge in [-0.3, -0.25) is 9.98 Å². The molecule has 2 aliphatic carbocycles. The van der Waals surface area contributed by atoms with Crippen LogP contribution in [0.15, 0.2) is 55.2 Å². The minimum Gasteiger partial charge on any atom is -0.440 e. The van der Waals surface area contributed by atoms with Crippen LogP contribution in [-0.4, -0.2) is 45.8 Å². The minimum atomic E-state index is 0.403. The van der Waals surface area contributed by atoms with E-state index < -0.39 is 0 Å². The van der Waals surface area contributed by atoms with E-state index in [1.54, 1.807) is 0 Å². The van der Waals surface area contributed by atoms with Crippen LogP contribution in [0.25, 0.3) is 22.2 Å². The van der Waals surface area contributed by atoms with Gasteiger partial charge in [-0.05, 0) is 62.1 Å². The van der Waals surface area contributed by atoms with E-state index in [1.807, 2.05) is 24.3 Å². The molecule has 2 fully saturated rings. The third-order valence-corrected chi connectivity index (χ3v) is 8.41. The number of benzene rings is 2. The molecule has 0 saturated heterocycles. The molecule has 4 unspecified atom stereocenters. The molecule has 8 heteroatoms. The Morgan fingerprint density at radius 2 is 1.14 bits per heavy atom. The van der Waals surface area contributed by atoms with Crippen molar-refractivity contribution >= 4 is 33.9 Å². The largest absolute Gasteiger partial charge is 0.440 e. The molecule has 8 rings (SSSR count). The normalized spacial score (nSPS) is 26.9. The number of hydrogen-bond donors (Lipinski definition) is 2. The van der Waals surface area contributed by atoms with E-state index in [0.717, 1.165) is 45.0 Å². The number of nitrogens with zero attached hydrogens (tertiary/aromatic N) is 4. The molecule has 0 spiro atoms. The number of amidine groups is 2. The first-order valence-electron chi connectivity index (χ1n) is 13.7. The highest BCUT2D eigenvalue weighted by Gasteiger charge is 2.32. The van der Waals surface area contributed by atoms with Gasteiger partial charge in [0.1, 0.15) is 29.1 Å². The second kappa shape index (κ2) is 8.43. The van der Waals surface area contributed by atoms with Crippen LogP contribution in [-0.2, 0) is 6.42 Å². The van der Waals surface area contributed by atoms with Gasteiger partial charge in [0, 0.05) is 23.2 Å². The highest BCUT2D eigenvalue weighted by molar-refractivity contribution is 6.03. The van der Waals surface area contributed by atoms with Crippen LogP contribution in [0.5, 0.6) is 0 Å². The van der Waals surface area contributed by atoms with E-state index in [4.69, 9.17) is 18.8 Å². The fourth-order valence-corrected chi connectivity index (χ4v) is 6.46. The molecule has 0 amide bonds. The van der Waals surface area contributed by atoms with Crippen molar-refractivity contribution in [3.63, 3.8) is 0 Å². The first kappa shape index (κ1) is 21.4. The quantitative estimate of drug-likeness (QED) is 0.419. The molecule has 4 heterocycles. The molecule has 4 aromatic rings. The second-order valence-electron chi connectivity index (χ2n) is 10.9. The molecule has 0 bridgehead atoms. The summed E-state index contributed by atoms with van der Waals surface area (Å²) in [6.45, 7) is 0. The van der Waals surface area contributed by atoms with Gasteiger partial charge in [-0.2, -0.15) is 0 Å². The van der Waals surface area contributed by atoms with Crippen molar-refractivity contribution in [1.29, 1.82) is 0 Å². The Balaban J connectivity index is 1.02. The lowest BCUT2D eigenvalue weighted by Gasteiger charge is -2.23. The maximum absolute atomic E-state index is 6.12. The molecule has 188 valence electrons. The lowest BCUT2D eigenvalue weighted by molar-refractivity contribution is 0.385. The van der Waals surface area contributed by atoms with Crippen LogP contribution in [0.4, 0.5) is 0 Å². The summed E-state index contributed by atoms with van der Waals surface area (Å²) >= 11 is 0. The van der Waals surface area contributed by atoms with E-state index in [9.17, 15) is 0 Å². The van der Waals surface area contributed by atoms with Crippen molar-refractivity contribution in [2.24, 2.45) is 9.98 Å². The fraction of sp³-hybridized carbons (Fsp3) is 0.448. The second-order valence-corrected chi connectivity index (χ2v) is 10.9. The minimum absolute atomic E-state index is 0.403. The van der Waals surface area contributed by atoms with Gasteiger partial charge in [-0.15, -0.1) is 0 Å². The van der Waals surface area contributed by atoms with E-state index in [0.29, 0.717) is 42.4 Å². The summed E-state index contributed by atoms with van der Waals surface area (Å²) in [6, 6.07) is 14.0. The summed E-state index contributed by atoms with van der Waals surface area (Å²) in [5, 5.41) is 7.25. The predicted molar refractivity (Wildman–Crippen MR) is 142 cm³/mol. The van der Waals surface area contributed by atoms with Crippen LogP contribution in [0.1, 0.15) is 74.3 Å². The number of nitrogens with one attached hydrogen (secondary N) is 2. The van der Waals surface area contributed by atoms with Crippen molar-refractivity contribution in [3.05, 3.63) is 59.3 Å². The SMILES string of the molecule is c1cc2nc(Cc3nc4ccc(C5=NC6CCCCC6N5)cc4o3)oc2cc1C1=NC2CCCCC2N1. The Bertz CT molecular complexity index is 1450. The van der Waals surface area contributed by atoms with Crippen molar-refractivity contribution in [3.8, 4) is 0 Å². The standard InChI is InChI=1S/C29H30N6O2/c1-2-6-19-18(5-1)32-28(33-19)16-9-11-22-24(13-16)36-26(30-22)15-27-31-23-12-10-17(14-25(23)37-27)29-34-20-7-3-4-8-21(20)35-29/h9-14,18-21H,1-8,15H2,(H,32,33)(H,34,35). The first-order valence-corrected chi connectivity index (χ1v) is 13.7. The Labute approximate surface area is 214 Å². The molecule has 2 aliphatic heterocycles. The van der Waals surface area contributed by atoms with Gasteiger partial charge in [0.2, 0.25) is 11.8 Å². The molecule has 37 heavy (non-hydrogen) atoms. The zero-order valence-corrected chi connectivity index (χ0v) is 20.7. The molecular weight excluding hydrogens is 464 g/mol.